The molecule has 0 radical (unpaired) electrons. The first-order valence-electron chi connectivity index (χ1n) is 5.76. The van der Waals surface area contributed by atoms with Gasteiger partial charge >= 0.3 is 5.97 Å². The maximum atomic E-state index is 12.2. The van der Waals surface area contributed by atoms with Crippen LogP contribution < -0.4 is 4.90 Å². The van der Waals surface area contributed by atoms with Crippen LogP contribution in [0.3, 0.4) is 0 Å². The molecule has 1 aromatic carbocycles. The molecule has 1 amide bonds. The fraction of sp³-hybridized carbons (Fsp3) is 0.286. The number of likely N-dealkylation sites (N-methyl/N-ethyl adjacent to an activating group) is 1. The van der Waals surface area contributed by atoms with Crippen molar-refractivity contribution in [3.63, 3.8) is 0 Å². The van der Waals surface area contributed by atoms with Gasteiger partial charge in [0, 0.05) is 23.4 Å². The van der Waals surface area contributed by atoms with Gasteiger partial charge < -0.3 is 10.0 Å². The number of nitrogens with zero attached hydrogens (tertiary/aromatic N) is 1. The summed E-state index contributed by atoms with van der Waals surface area (Å²) in [6.07, 6.45) is 0. The number of carboxylic acid groups (broad SMARTS) is 1. The Bertz CT molecular complexity index is 477. The number of carbonyl (C=O) groups is 2. The molecule has 18 heavy (non-hydrogen) atoms. The van der Waals surface area contributed by atoms with Crippen LogP contribution in [0, 0.1) is 0 Å². The van der Waals surface area contributed by atoms with Gasteiger partial charge in [-0.25, -0.2) is 4.79 Å². The SMILES string of the molecule is CCN(C(=O)/C(C)=C(/C)C(=O)O)c1ccccc1. The van der Waals surface area contributed by atoms with E-state index in [1.165, 1.54) is 13.8 Å². The van der Waals surface area contributed by atoms with Gasteiger partial charge in [0.2, 0.25) is 0 Å². The minimum Gasteiger partial charge on any atom is -0.478 e. The van der Waals surface area contributed by atoms with Crippen LogP contribution in [0.4, 0.5) is 5.69 Å². The quantitative estimate of drug-likeness (QED) is 0.831. The molecule has 1 aromatic rings. The molecule has 0 unspecified atom stereocenters. The maximum Gasteiger partial charge on any atom is 0.331 e. The van der Waals surface area contributed by atoms with Crippen molar-refractivity contribution < 1.29 is 14.7 Å². The smallest absolute Gasteiger partial charge is 0.331 e. The third-order valence-corrected chi connectivity index (χ3v) is 2.83. The van der Waals surface area contributed by atoms with Crippen LogP contribution in [0.25, 0.3) is 0 Å². The van der Waals surface area contributed by atoms with Crippen LogP contribution in [-0.4, -0.2) is 23.5 Å². The van der Waals surface area contributed by atoms with E-state index in [0.717, 1.165) is 5.69 Å². The Morgan fingerprint density at radius 2 is 1.67 bits per heavy atom. The van der Waals surface area contributed by atoms with E-state index in [-0.39, 0.29) is 17.1 Å². The van der Waals surface area contributed by atoms with Crippen LogP contribution in [-0.2, 0) is 9.59 Å². The van der Waals surface area contributed by atoms with Crippen molar-refractivity contribution in [3.05, 3.63) is 41.5 Å². The molecule has 0 saturated carbocycles. The molecule has 0 fully saturated rings. The Morgan fingerprint density at radius 1 is 1.11 bits per heavy atom. The van der Waals surface area contributed by atoms with Crippen molar-refractivity contribution in [1.29, 1.82) is 0 Å². The summed E-state index contributed by atoms with van der Waals surface area (Å²) in [5, 5.41) is 8.90. The van der Waals surface area contributed by atoms with Gasteiger partial charge in [-0.2, -0.15) is 0 Å². The molecule has 4 nitrogen and oxygen atoms in total. The molecular formula is C14H17NO3. The Morgan fingerprint density at radius 3 is 2.11 bits per heavy atom. The fourth-order valence-electron chi connectivity index (χ4n) is 1.57. The highest BCUT2D eigenvalue weighted by Gasteiger charge is 2.19. The molecule has 1 rings (SSSR count). The monoisotopic (exact) mass is 247 g/mol. The van der Waals surface area contributed by atoms with E-state index in [0.29, 0.717) is 6.54 Å². The first-order chi connectivity index (χ1) is 8.49. The topological polar surface area (TPSA) is 57.6 Å². The minimum atomic E-state index is -1.06. The number of amides is 1. The number of para-hydroxylation sites is 1. The lowest BCUT2D eigenvalue weighted by Crippen LogP contribution is -2.32. The van der Waals surface area contributed by atoms with Gasteiger partial charge in [-0.1, -0.05) is 18.2 Å². The van der Waals surface area contributed by atoms with Gasteiger partial charge in [-0.15, -0.1) is 0 Å². The molecule has 0 bridgehead atoms. The molecule has 0 atom stereocenters. The highest BCUT2D eigenvalue weighted by molar-refractivity contribution is 6.09. The third kappa shape index (κ3) is 2.97. The fourth-order valence-corrected chi connectivity index (χ4v) is 1.57. The lowest BCUT2D eigenvalue weighted by molar-refractivity contribution is -0.133. The van der Waals surface area contributed by atoms with Gasteiger partial charge in [-0.3, -0.25) is 4.79 Å². The summed E-state index contributed by atoms with van der Waals surface area (Å²) in [4.78, 5) is 24.6. The summed E-state index contributed by atoms with van der Waals surface area (Å²) >= 11 is 0. The molecule has 1 N–H and O–H groups in total. The minimum absolute atomic E-state index is 0.0781. The standard InChI is InChI=1S/C14H17NO3/c1-4-15(12-8-6-5-7-9-12)13(16)10(2)11(3)14(17)18/h5-9H,4H2,1-3H3,(H,17,18)/b11-10-. The average molecular weight is 247 g/mol. The van der Waals surface area contributed by atoms with Crippen LogP contribution in [0.2, 0.25) is 0 Å². The predicted molar refractivity (Wildman–Crippen MR) is 70.5 cm³/mol. The first-order valence-corrected chi connectivity index (χ1v) is 5.76. The molecule has 96 valence electrons. The molecule has 0 aliphatic rings. The van der Waals surface area contributed by atoms with Crippen molar-refractivity contribution in [2.75, 3.05) is 11.4 Å². The van der Waals surface area contributed by atoms with E-state index >= 15 is 0 Å². The normalized spacial score (nSPS) is 11.7. The molecule has 4 heteroatoms. The number of hydrogen-bond acceptors (Lipinski definition) is 2. The van der Waals surface area contributed by atoms with Crippen molar-refractivity contribution in [2.45, 2.75) is 20.8 Å². The summed E-state index contributed by atoms with van der Waals surface area (Å²) in [5.74, 6) is -1.34. The van der Waals surface area contributed by atoms with Gasteiger partial charge in [0.05, 0.1) is 0 Å². The van der Waals surface area contributed by atoms with Crippen LogP contribution in [0.1, 0.15) is 20.8 Å². The zero-order valence-electron chi connectivity index (χ0n) is 10.8. The van der Waals surface area contributed by atoms with E-state index in [2.05, 4.69) is 0 Å². The molecule has 0 aliphatic heterocycles. The molecular weight excluding hydrogens is 230 g/mol. The second-order valence-electron chi connectivity index (χ2n) is 3.94. The lowest BCUT2D eigenvalue weighted by Gasteiger charge is -2.21. The number of benzene rings is 1. The van der Waals surface area contributed by atoms with Gasteiger partial charge in [0.1, 0.15) is 0 Å². The maximum absolute atomic E-state index is 12.2. The summed E-state index contributed by atoms with van der Waals surface area (Å²) in [5.41, 5.74) is 1.10. The molecule has 0 spiro atoms. The van der Waals surface area contributed by atoms with Crippen molar-refractivity contribution in [3.8, 4) is 0 Å². The zero-order valence-corrected chi connectivity index (χ0v) is 10.8. The van der Waals surface area contributed by atoms with Crippen molar-refractivity contribution in [1.82, 2.24) is 0 Å². The summed E-state index contributed by atoms with van der Waals surface area (Å²) in [7, 11) is 0. The number of rotatable bonds is 4. The van der Waals surface area contributed by atoms with E-state index in [9.17, 15) is 9.59 Å². The van der Waals surface area contributed by atoms with Crippen molar-refractivity contribution in [2.24, 2.45) is 0 Å². The Balaban J connectivity index is 3.08. The largest absolute Gasteiger partial charge is 0.478 e. The summed E-state index contributed by atoms with van der Waals surface area (Å²) < 4.78 is 0. The van der Waals surface area contributed by atoms with E-state index < -0.39 is 5.97 Å². The second-order valence-corrected chi connectivity index (χ2v) is 3.94. The zero-order chi connectivity index (χ0) is 13.7. The predicted octanol–water partition coefficient (Wildman–Crippen LogP) is 2.46. The number of aliphatic carboxylic acids is 1. The molecule has 0 heterocycles. The summed E-state index contributed by atoms with van der Waals surface area (Å²) in [6, 6.07) is 9.20. The van der Waals surface area contributed by atoms with Gasteiger partial charge in [-0.05, 0) is 32.9 Å². The first kappa shape index (κ1) is 14.0. The van der Waals surface area contributed by atoms with E-state index in [1.54, 1.807) is 4.90 Å². The van der Waals surface area contributed by atoms with E-state index in [4.69, 9.17) is 5.11 Å². The molecule has 0 aliphatic carbocycles. The van der Waals surface area contributed by atoms with Gasteiger partial charge in [0.25, 0.3) is 5.91 Å². The van der Waals surface area contributed by atoms with Crippen LogP contribution in [0.15, 0.2) is 41.5 Å². The number of carboxylic acids is 1. The van der Waals surface area contributed by atoms with Gasteiger partial charge in [0.15, 0.2) is 0 Å². The number of anilines is 1. The van der Waals surface area contributed by atoms with Crippen LogP contribution >= 0.6 is 0 Å². The Kier molecular flexibility index (Phi) is 4.66. The Labute approximate surface area is 107 Å². The average Bonchev–Trinajstić information content (AvgIpc) is 2.38. The molecule has 0 saturated heterocycles. The second kappa shape index (κ2) is 6.00. The van der Waals surface area contributed by atoms with E-state index in [1.807, 2.05) is 37.3 Å². The Hall–Kier alpha value is -2.10. The highest BCUT2D eigenvalue weighted by Crippen LogP contribution is 2.17. The molecule has 0 aromatic heterocycles. The lowest BCUT2D eigenvalue weighted by atomic mass is 10.1. The highest BCUT2D eigenvalue weighted by atomic mass is 16.4. The third-order valence-electron chi connectivity index (χ3n) is 2.83. The number of carbonyl (C=O) groups excluding carboxylic acids is 1. The van der Waals surface area contributed by atoms with Crippen molar-refractivity contribution >= 4 is 17.6 Å². The summed E-state index contributed by atoms with van der Waals surface area (Å²) in [6.45, 7) is 5.33. The number of hydrogen-bond donors (Lipinski definition) is 1. The van der Waals surface area contributed by atoms with Crippen LogP contribution in [0.5, 0.6) is 0 Å².